The minimum absolute atomic E-state index is 0.0101. The van der Waals surface area contributed by atoms with Gasteiger partial charge in [0.2, 0.25) is 0 Å². The molecule has 0 amide bonds. The Balaban J connectivity index is 2.68. The molecule has 1 aromatic heterocycles. The molecule has 0 aliphatic rings. The molecule has 1 atom stereocenters. The van der Waals surface area contributed by atoms with Gasteiger partial charge in [-0.2, -0.15) is 13.2 Å². The Morgan fingerprint density at radius 1 is 1.33 bits per heavy atom. The molecule has 1 N–H and O–H groups in total. The number of pyridine rings is 1. The van der Waals surface area contributed by atoms with Gasteiger partial charge in [-0.15, -0.1) is 11.6 Å². The smallest absolute Gasteiger partial charge is 0.366 e. The van der Waals surface area contributed by atoms with Crippen LogP contribution in [0.3, 0.4) is 0 Å². The van der Waals surface area contributed by atoms with E-state index in [4.69, 9.17) is 11.6 Å². The molecule has 0 saturated heterocycles. The molecule has 0 saturated carbocycles. The molecule has 1 heterocycles. The van der Waals surface area contributed by atoms with Crippen molar-refractivity contribution in [3.05, 3.63) is 23.9 Å². The summed E-state index contributed by atoms with van der Waals surface area (Å²) < 4.78 is 37.0. The minimum Gasteiger partial charge on any atom is -0.366 e. The van der Waals surface area contributed by atoms with Gasteiger partial charge in [-0.05, 0) is 24.5 Å². The average Bonchev–Trinajstić information content (AvgIpc) is 2.27. The summed E-state index contributed by atoms with van der Waals surface area (Å²) in [6.07, 6.45) is -2.69. The van der Waals surface area contributed by atoms with E-state index in [9.17, 15) is 13.2 Å². The minimum atomic E-state index is -4.35. The fourth-order valence-corrected chi connectivity index (χ4v) is 1.79. The largest absolute Gasteiger partial charge is 0.417 e. The lowest BCUT2D eigenvalue weighted by atomic mass is 10.1. The Kier molecular flexibility index (Phi) is 5.26. The monoisotopic (exact) mass is 280 g/mol. The number of hydrogen-bond acceptors (Lipinski definition) is 2. The summed E-state index contributed by atoms with van der Waals surface area (Å²) in [5.41, 5.74) is -0.751. The Morgan fingerprint density at radius 2 is 2.00 bits per heavy atom. The predicted molar refractivity (Wildman–Crippen MR) is 66.8 cm³/mol. The van der Waals surface area contributed by atoms with Crippen LogP contribution in [0.1, 0.15) is 25.8 Å². The van der Waals surface area contributed by atoms with Gasteiger partial charge < -0.3 is 5.32 Å². The Bertz CT molecular complexity index is 363. The SMILES string of the molecule is CC(C)CC(CCl)Nc1ccc(C(F)(F)F)cn1. The van der Waals surface area contributed by atoms with Gasteiger partial charge in [0.1, 0.15) is 5.82 Å². The summed E-state index contributed by atoms with van der Waals surface area (Å²) >= 11 is 5.80. The van der Waals surface area contributed by atoms with Crippen molar-refractivity contribution in [2.24, 2.45) is 5.92 Å². The molecule has 0 spiro atoms. The normalized spacial score (nSPS) is 13.7. The maximum atomic E-state index is 12.3. The molecule has 1 unspecified atom stereocenters. The standard InChI is InChI=1S/C12H16ClF3N2/c1-8(2)5-10(6-13)18-11-4-3-9(7-17-11)12(14,15)16/h3-4,7-8,10H,5-6H2,1-2H3,(H,17,18). The number of nitrogens with zero attached hydrogens (tertiary/aromatic N) is 1. The van der Waals surface area contributed by atoms with Crippen molar-refractivity contribution in [2.75, 3.05) is 11.2 Å². The third-order valence-corrected chi connectivity index (χ3v) is 2.76. The highest BCUT2D eigenvalue weighted by atomic mass is 35.5. The fourth-order valence-electron chi connectivity index (χ4n) is 1.59. The molecule has 0 bridgehead atoms. The Morgan fingerprint density at radius 3 is 2.39 bits per heavy atom. The zero-order chi connectivity index (χ0) is 13.8. The second-order valence-electron chi connectivity index (χ2n) is 4.55. The lowest BCUT2D eigenvalue weighted by molar-refractivity contribution is -0.137. The quantitative estimate of drug-likeness (QED) is 0.819. The summed E-state index contributed by atoms with van der Waals surface area (Å²) in [7, 11) is 0. The lowest BCUT2D eigenvalue weighted by Gasteiger charge is -2.18. The van der Waals surface area contributed by atoms with Crippen molar-refractivity contribution in [2.45, 2.75) is 32.5 Å². The van der Waals surface area contributed by atoms with Crippen LogP contribution in [0.15, 0.2) is 18.3 Å². The van der Waals surface area contributed by atoms with E-state index in [0.29, 0.717) is 17.6 Å². The first-order chi connectivity index (χ1) is 8.32. The number of alkyl halides is 4. The maximum absolute atomic E-state index is 12.3. The highest BCUT2D eigenvalue weighted by Crippen LogP contribution is 2.29. The summed E-state index contributed by atoms with van der Waals surface area (Å²) in [4.78, 5) is 3.75. The van der Waals surface area contributed by atoms with Crippen molar-refractivity contribution in [3.63, 3.8) is 0 Å². The maximum Gasteiger partial charge on any atom is 0.417 e. The van der Waals surface area contributed by atoms with Gasteiger partial charge in [0.15, 0.2) is 0 Å². The molecular weight excluding hydrogens is 265 g/mol. The van der Waals surface area contributed by atoms with Crippen molar-refractivity contribution in [1.29, 1.82) is 0 Å². The van der Waals surface area contributed by atoms with Gasteiger partial charge in [0.25, 0.3) is 0 Å². The topological polar surface area (TPSA) is 24.9 Å². The van der Waals surface area contributed by atoms with Gasteiger partial charge in [0, 0.05) is 18.1 Å². The van der Waals surface area contributed by atoms with Crippen LogP contribution in [0.4, 0.5) is 19.0 Å². The summed E-state index contributed by atoms with van der Waals surface area (Å²) in [5, 5.41) is 3.03. The van der Waals surface area contributed by atoms with Gasteiger partial charge >= 0.3 is 6.18 Å². The molecule has 18 heavy (non-hydrogen) atoms. The van der Waals surface area contributed by atoms with Crippen LogP contribution in [0.25, 0.3) is 0 Å². The molecule has 0 aromatic carbocycles. The van der Waals surface area contributed by atoms with E-state index in [1.807, 2.05) is 0 Å². The fraction of sp³-hybridized carbons (Fsp3) is 0.583. The first-order valence-electron chi connectivity index (χ1n) is 5.68. The van der Waals surface area contributed by atoms with E-state index in [0.717, 1.165) is 18.7 Å². The second-order valence-corrected chi connectivity index (χ2v) is 4.86. The Hall–Kier alpha value is -0.970. The molecule has 0 aliphatic carbocycles. The highest BCUT2D eigenvalue weighted by Gasteiger charge is 2.30. The van der Waals surface area contributed by atoms with E-state index in [1.54, 1.807) is 0 Å². The number of aromatic nitrogens is 1. The zero-order valence-corrected chi connectivity index (χ0v) is 11.0. The van der Waals surface area contributed by atoms with Crippen molar-refractivity contribution in [1.82, 2.24) is 4.98 Å². The van der Waals surface area contributed by atoms with Crippen LogP contribution >= 0.6 is 11.6 Å². The second kappa shape index (κ2) is 6.27. The lowest BCUT2D eigenvalue weighted by Crippen LogP contribution is -2.24. The average molecular weight is 281 g/mol. The van der Waals surface area contributed by atoms with Crippen molar-refractivity contribution < 1.29 is 13.2 Å². The summed E-state index contributed by atoms with van der Waals surface area (Å²) in [6.45, 7) is 4.11. The zero-order valence-electron chi connectivity index (χ0n) is 10.3. The number of nitrogens with one attached hydrogen (secondary N) is 1. The molecule has 2 nitrogen and oxygen atoms in total. The van der Waals surface area contributed by atoms with Crippen LogP contribution in [0, 0.1) is 5.92 Å². The summed E-state index contributed by atoms with van der Waals surface area (Å²) in [6, 6.07) is 2.34. The van der Waals surface area contributed by atoms with Crippen LogP contribution in [-0.2, 0) is 6.18 Å². The number of hydrogen-bond donors (Lipinski definition) is 1. The van der Waals surface area contributed by atoms with Crippen LogP contribution in [0.2, 0.25) is 0 Å². The van der Waals surface area contributed by atoms with Crippen LogP contribution in [0.5, 0.6) is 0 Å². The van der Waals surface area contributed by atoms with Gasteiger partial charge in [-0.3, -0.25) is 0 Å². The van der Waals surface area contributed by atoms with E-state index in [2.05, 4.69) is 24.1 Å². The van der Waals surface area contributed by atoms with Gasteiger partial charge in [0.05, 0.1) is 5.56 Å². The number of anilines is 1. The molecule has 6 heteroatoms. The first-order valence-corrected chi connectivity index (χ1v) is 6.22. The molecule has 0 fully saturated rings. The molecule has 1 aromatic rings. The molecule has 102 valence electrons. The summed E-state index contributed by atoms with van der Waals surface area (Å²) in [5.74, 6) is 1.26. The third-order valence-electron chi connectivity index (χ3n) is 2.38. The van der Waals surface area contributed by atoms with E-state index >= 15 is 0 Å². The highest BCUT2D eigenvalue weighted by molar-refractivity contribution is 6.18. The Labute approximate surface area is 110 Å². The molecule has 1 rings (SSSR count). The van der Waals surface area contributed by atoms with Gasteiger partial charge in [-0.1, -0.05) is 13.8 Å². The molecule has 0 aliphatic heterocycles. The van der Waals surface area contributed by atoms with Gasteiger partial charge in [-0.25, -0.2) is 4.98 Å². The number of rotatable bonds is 5. The van der Waals surface area contributed by atoms with Crippen LogP contribution < -0.4 is 5.32 Å². The van der Waals surface area contributed by atoms with Crippen molar-refractivity contribution in [3.8, 4) is 0 Å². The van der Waals surface area contributed by atoms with E-state index < -0.39 is 11.7 Å². The van der Waals surface area contributed by atoms with E-state index in [1.165, 1.54) is 6.07 Å². The molecule has 0 radical (unpaired) electrons. The van der Waals surface area contributed by atoms with Crippen molar-refractivity contribution >= 4 is 17.4 Å². The first kappa shape index (κ1) is 15.1. The molecular formula is C12H16ClF3N2. The number of halogens is 4. The van der Waals surface area contributed by atoms with Crippen LogP contribution in [-0.4, -0.2) is 16.9 Å². The predicted octanol–water partition coefficient (Wildman–Crippen LogP) is 4.17. The van der Waals surface area contributed by atoms with E-state index in [-0.39, 0.29) is 6.04 Å². The third kappa shape index (κ3) is 4.72.